The van der Waals surface area contributed by atoms with Crippen molar-refractivity contribution in [3.8, 4) is 5.75 Å². The summed E-state index contributed by atoms with van der Waals surface area (Å²) in [5.74, 6) is -0.521. The summed E-state index contributed by atoms with van der Waals surface area (Å²) >= 11 is 3.49. The molecule has 0 unspecified atom stereocenters. The second kappa shape index (κ2) is 9.29. The maximum Gasteiger partial charge on any atom is 0.310 e. The van der Waals surface area contributed by atoms with Crippen LogP contribution in [0.4, 0.5) is 0 Å². The summed E-state index contributed by atoms with van der Waals surface area (Å²) in [6.45, 7) is 2.54. The van der Waals surface area contributed by atoms with E-state index in [-0.39, 0.29) is 12.2 Å². The fraction of sp³-hybridized carbons (Fsp3) is 0.259. The molecule has 0 fully saturated rings. The molecule has 0 amide bonds. The number of rotatable bonds is 8. The zero-order valence-electron chi connectivity index (χ0n) is 17.9. The van der Waals surface area contributed by atoms with Crippen LogP contribution in [0.3, 0.4) is 0 Å². The molecule has 0 spiro atoms. The molecule has 1 aliphatic rings. The van der Waals surface area contributed by atoms with Gasteiger partial charge in [-0.3, -0.25) is 9.59 Å². The number of aliphatic carboxylic acids is 1. The van der Waals surface area contributed by atoms with Crippen LogP contribution < -0.4 is 4.74 Å². The van der Waals surface area contributed by atoms with Gasteiger partial charge in [-0.25, -0.2) is 0 Å². The van der Waals surface area contributed by atoms with E-state index < -0.39 is 11.4 Å². The number of ketones is 1. The molecule has 32 heavy (non-hydrogen) atoms. The summed E-state index contributed by atoms with van der Waals surface area (Å²) < 4.78 is 6.71. The second-order valence-electron chi connectivity index (χ2n) is 8.54. The van der Waals surface area contributed by atoms with Crippen LogP contribution in [0.15, 0.2) is 71.2 Å². The maximum atomic E-state index is 13.1. The molecule has 0 bridgehead atoms. The van der Waals surface area contributed by atoms with Gasteiger partial charge in [0.2, 0.25) is 0 Å². The number of fused-ring (bicyclic) bond motifs is 1. The van der Waals surface area contributed by atoms with Gasteiger partial charge < -0.3 is 9.84 Å². The standard InChI is InChI=1S/C27H25BrO4/c1-18-5-4-6-19(13-18)11-12-32-25-14-20(9-10-23(25)28)24(29)17-27(26(30)31)15-21-7-2-3-8-22(21)16-27/h2-10,13-14H,11-12,15-17H2,1H3,(H,30,31). The first-order chi connectivity index (χ1) is 15.4. The number of carbonyl (C=O) groups is 2. The first-order valence-electron chi connectivity index (χ1n) is 10.7. The van der Waals surface area contributed by atoms with E-state index in [0.717, 1.165) is 22.0 Å². The average Bonchev–Trinajstić information content (AvgIpc) is 3.14. The Bertz CT molecular complexity index is 1140. The molecule has 1 aliphatic carbocycles. The number of benzene rings is 3. The summed E-state index contributed by atoms with van der Waals surface area (Å²) in [7, 11) is 0. The third kappa shape index (κ3) is 4.78. The Morgan fingerprint density at radius 1 is 1.00 bits per heavy atom. The van der Waals surface area contributed by atoms with Crippen LogP contribution in [0.25, 0.3) is 0 Å². The van der Waals surface area contributed by atoms with Gasteiger partial charge in [-0.15, -0.1) is 0 Å². The highest BCUT2D eigenvalue weighted by Gasteiger charge is 2.45. The van der Waals surface area contributed by atoms with Gasteiger partial charge in [0.15, 0.2) is 5.78 Å². The Balaban J connectivity index is 1.46. The quantitative estimate of drug-likeness (QED) is 0.402. The first-order valence-corrected chi connectivity index (χ1v) is 11.5. The lowest BCUT2D eigenvalue weighted by molar-refractivity contribution is -0.148. The van der Waals surface area contributed by atoms with Gasteiger partial charge >= 0.3 is 5.97 Å². The summed E-state index contributed by atoms with van der Waals surface area (Å²) in [6, 6.07) is 21.2. The Kier molecular flexibility index (Phi) is 6.47. The monoisotopic (exact) mass is 492 g/mol. The molecule has 0 aliphatic heterocycles. The number of hydrogen-bond donors (Lipinski definition) is 1. The van der Waals surface area contributed by atoms with Gasteiger partial charge in [0.25, 0.3) is 0 Å². The number of hydrogen-bond acceptors (Lipinski definition) is 3. The molecule has 1 N–H and O–H groups in total. The number of carboxylic acids is 1. The second-order valence-corrected chi connectivity index (χ2v) is 9.39. The van der Waals surface area contributed by atoms with Crippen molar-refractivity contribution in [2.75, 3.05) is 6.61 Å². The van der Waals surface area contributed by atoms with Crippen molar-refractivity contribution in [2.24, 2.45) is 5.41 Å². The van der Waals surface area contributed by atoms with Gasteiger partial charge in [0, 0.05) is 18.4 Å². The summed E-state index contributed by atoms with van der Waals surface area (Å²) in [5.41, 5.74) is 3.79. The van der Waals surface area contributed by atoms with Gasteiger partial charge in [-0.2, -0.15) is 0 Å². The summed E-state index contributed by atoms with van der Waals surface area (Å²) in [5, 5.41) is 9.99. The van der Waals surface area contributed by atoms with Crippen LogP contribution in [-0.2, 0) is 24.1 Å². The molecule has 0 atom stereocenters. The highest BCUT2D eigenvalue weighted by molar-refractivity contribution is 9.10. The molecular weight excluding hydrogens is 468 g/mol. The van der Waals surface area contributed by atoms with E-state index in [2.05, 4.69) is 41.1 Å². The number of Topliss-reactive ketones (excluding diaryl/α,β-unsaturated/α-hetero) is 1. The lowest BCUT2D eigenvalue weighted by atomic mass is 9.79. The predicted molar refractivity (Wildman–Crippen MR) is 127 cm³/mol. The van der Waals surface area contributed by atoms with Crippen LogP contribution in [0.1, 0.15) is 39.0 Å². The van der Waals surface area contributed by atoms with Crippen LogP contribution in [0.2, 0.25) is 0 Å². The molecule has 3 aromatic carbocycles. The molecule has 0 saturated carbocycles. The zero-order valence-corrected chi connectivity index (χ0v) is 19.5. The predicted octanol–water partition coefficient (Wildman–Crippen LogP) is 5.82. The van der Waals surface area contributed by atoms with Crippen molar-refractivity contribution in [2.45, 2.75) is 32.6 Å². The van der Waals surface area contributed by atoms with Crippen molar-refractivity contribution in [3.63, 3.8) is 0 Å². The molecule has 0 heterocycles. The van der Waals surface area contributed by atoms with E-state index in [1.807, 2.05) is 30.3 Å². The highest BCUT2D eigenvalue weighted by atomic mass is 79.9. The van der Waals surface area contributed by atoms with Gasteiger partial charge in [0.05, 0.1) is 16.5 Å². The van der Waals surface area contributed by atoms with E-state index >= 15 is 0 Å². The summed E-state index contributed by atoms with van der Waals surface area (Å²) in [4.78, 5) is 25.3. The average molecular weight is 493 g/mol. The van der Waals surface area contributed by atoms with Crippen molar-refractivity contribution >= 4 is 27.7 Å². The van der Waals surface area contributed by atoms with Crippen molar-refractivity contribution in [3.05, 3.63) is 99.0 Å². The van der Waals surface area contributed by atoms with E-state index in [4.69, 9.17) is 4.74 Å². The number of carboxylic acid groups (broad SMARTS) is 1. The minimum atomic E-state index is -1.10. The van der Waals surface area contributed by atoms with Crippen molar-refractivity contribution in [1.82, 2.24) is 0 Å². The largest absolute Gasteiger partial charge is 0.492 e. The molecule has 0 saturated heterocycles. The minimum absolute atomic E-state index is 0.0403. The Labute approximate surface area is 196 Å². The third-order valence-corrected chi connectivity index (χ3v) is 6.77. The minimum Gasteiger partial charge on any atom is -0.492 e. The van der Waals surface area contributed by atoms with Crippen LogP contribution in [0, 0.1) is 12.3 Å². The van der Waals surface area contributed by atoms with Crippen molar-refractivity contribution in [1.29, 1.82) is 0 Å². The van der Waals surface area contributed by atoms with E-state index in [9.17, 15) is 14.7 Å². The number of halogens is 1. The molecule has 3 aromatic rings. The van der Waals surface area contributed by atoms with Gasteiger partial charge in [0.1, 0.15) is 5.75 Å². The Hall–Kier alpha value is -2.92. The molecule has 4 rings (SSSR count). The summed E-state index contributed by atoms with van der Waals surface area (Å²) in [6.07, 6.45) is 1.47. The Morgan fingerprint density at radius 3 is 2.38 bits per heavy atom. The lowest BCUT2D eigenvalue weighted by Gasteiger charge is -2.23. The molecule has 5 heteroatoms. The van der Waals surface area contributed by atoms with Crippen LogP contribution in [-0.4, -0.2) is 23.5 Å². The highest BCUT2D eigenvalue weighted by Crippen LogP contribution is 2.41. The fourth-order valence-corrected chi connectivity index (χ4v) is 4.75. The smallest absolute Gasteiger partial charge is 0.310 e. The topological polar surface area (TPSA) is 63.6 Å². The number of aryl methyl sites for hydroxylation is 1. The molecule has 0 aromatic heterocycles. The Morgan fingerprint density at radius 2 is 1.72 bits per heavy atom. The lowest BCUT2D eigenvalue weighted by Crippen LogP contribution is -2.34. The van der Waals surface area contributed by atoms with E-state index in [1.165, 1.54) is 11.1 Å². The van der Waals surface area contributed by atoms with Gasteiger partial charge in [-0.1, -0.05) is 60.2 Å². The van der Waals surface area contributed by atoms with Crippen LogP contribution in [0.5, 0.6) is 5.75 Å². The van der Waals surface area contributed by atoms with Crippen molar-refractivity contribution < 1.29 is 19.4 Å². The normalized spacial score (nSPS) is 14.1. The molecular formula is C27H25BrO4. The zero-order chi connectivity index (χ0) is 22.7. The SMILES string of the molecule is Cc1cccc(CCOc2cc(C(=O)CC3(C(=O)O)Cc4ccccc4C3)ccc2Br)c1. The van der Waals surface area contributed by atoms with Gasteiger partial charge in [-0.05, 0) is 64.5 Å². The number of ether oxygens (including phenoxy) is 1. The third-order valence-electron chi connectivity index (χ3n) is 6.11. The first kappa shape index (κ1) is 22.3. The molecule has 0 radical (unpaired) electrons. The van der Waals surface area contributed by atoms with E-state index in [1.54, 1.807) is 18.2 Å². The fourth-order valence-electron chi connectivity index (χ4n) is 4.39. The molecule has 164 valence electrons. The number of carbonyl (C=O) groups excluding carboxylic acids is 1. The maximum absolute atomic E-state index is 13.1. The molecule has 4 nitrogen and oxygen atoms in total. The van der Waals surface area contributed by atoms with E-state index in [0.29, 0.717) is 30.8 Å². The van der Waals surface area contributed by atoms with Crippen LogP contribution >= 0.6 is 15.9 Å².